The third-order valence-corrected chi connectivity index (χ3v) is 2.48. The molecule has 0 atom stereocenters. The Hall–Kier alpha value is -1.77. The molecule has 0 aliphatic heterocycles. The molecule has 2 N–H and O–H groups in total. The van der Waals surface area contributed by atoms with Crippen LogP contribution in [0.3, 0.4) is 0 Å². The van der Waals surface area contributed by atoms with Crippen LogP contribution < -0.4 is 0 Å². The first-order chi connectivity index (χ1) is 7.80. The van der Waals surface area contributed by atoms with Crippen LogP contribution in [0.4, 0.5) is 0 Å². The van der Waals surface area contributed by atoms with Crippen molar-refractivity contribution in [1.82, 2.24) is 0 Å². The van der Waals surface area contributed by atoms with Gasteiger partial charge in [0.15, 0.2) is 0 Å². The number of carboxylic acid groups (broad SMARTS) is 1. The van der Waals surface area contributed by atoms with Crippen LogP contribution in [0.1, 0.15) is 38.3 Å². The van der Waals surface area contributed by atoms with Gasteiger partial charge in [-0.25, -0.2) is 0 Å². The Kier molecular flexibility index (Phi) is 3.94. The number of aromatic hydroxyl groups is 1. The van der Waals surface area contributed by atoms with Crippen LogP contribution >= 0.6 is 0 Å². The molecule has 3 heteroatoms. The van der Waals surface area contributed by atoms with Gasteiger partial charge < -0.3 is 10.2 Å². The van der Waals surface area contributed by atoms with E-state index in [-0.39, 0.29) is 17.6 Å². The van der Waals surface area contributed by atoms with Crippen molar-refractivity contribution in [2.75, 3.05) is 0 Å². The molecule has 17 heavy (non-hydrogen) atoms. The standard InChI is InChI=1S/C14H18O3/c1-14(2,3)11-7-8-12(15)10(9-11)5-4-6-13(16)17/h4-5,7-9,15H,6H2,1-3H3,(H,16,17). The number of phenolic OH excluding ortho intramolecular Hbond substituents is 1. The average Bonchev–Trinajstić information content (AvgIpc) is 2.18. The Morgan fingerprint density at radius 3 is 2.53 bits per heavy atom. The molecule has 0 spiro atoms. The van der Waals surface area contributed by atoms with E-state index in [4.69, 9.17) is 5.11 Å². The van der Waals surface area contributed by atoms with E-state index in [1.54, 1.807) is 12.1 Å². The predicted molar refractivity (Wildman–Crippen MR) is 68.1 cm³/mol. The second-order valence-electron chi connectivity index (χ2n) is 5.02. The molecule has 0 aliphatic carbocycles. The minimum absolute atomic E-state index is 0.00306. The normalized spacial score (nSPS) is 11.9. The van der Waals surface area contributed by atoms with Gasteiger partial charge in [-0.2, -0.15) is 0 Å². The third kappa shape index (κ3) is 3.94. The number of carboxylic acids is 1. The van der Waals surface area contributed by atoms with Gasteiger partial charge in [-0.15, -0.1) is 0 Å². The van der Waals surface area contributed by atoms with E-state index in [0.717, 1.165) is 5.56 Å². The van der Waals surface area contributed by atoms with E-state index in [0.29, 0.717) is 5.56 Å². The molecule has 0 bridgehead atoms. The maximum atomic E-state index is 10.4. The van der Waals surface area contributed by atoms with E-state index >= 15 is 0 Å². The molecule has 0 saturated heterocycles. The van der Waals surface area contributed by atoms with Crippen LogP contribution in [0.25, 0.3) is 6.08 Å². The SMILES string of the molecule is CC(C)(C)c1ccc(O)c(C=CCC(=O)O)c1. The van der Waals surface area contributed by atoms with Crippen molar-refractivity contribution < 1.29 is 15.0 Å². The number of rotatable bonds is 3. The lowest BCUT2D eigenvalue weighted by atomic mass is 9.86. The Labute approximate surface area is 101 Å². The molecule has 0 radical (unpaired) electrons. The van der Waals surface area contributed by atoms with Gasteiger partial charge in [0.2, 0.25) is 0 Å². The molecule has 0 fully saturated rings. The van der Waals surface area contributed by atoms with Gasteiger partial charge in [-0.3, -0.25) is 4.79 Å². The zero-order chi connectivity index (χ0) is 13.1. The molecule has 0 saturated carbocycles. The number of benzene rings is 1. The quantitative estimate of drug-likeness (QED) is 0.844. The number of carbonyl (C=O) groups is 1. The minimum Gasteiger partial charge on any atom is -0.507 e. The van der Waals surface area contributed by atoms with Gasteiger partial charge >= 0.3 is 5.97 Å². The molecule has 0 aromatic heterocycles. The molecule has 0 aliphatic rings. The fourth-order valence-electron chi connectivity index (χ4n) is 1.44. The summed E-state index contributed by atoms with van der Waals surface area (Å²) in [6, 6.07) is 5.40. The summed E-state index contributed by atoms with van der Waals surface area (Å²) in [5.41, 5.74) is 1.76. The molecule has 3 nitrogen and oxygen atoms in total. The van der Waals surface area contributed by atoms with Crippen molar-refractivity contribution in [3.8, 4) is 5.75 Å². The second kappa shape index (κ2) is 5.04. The molecular weight excluding hydrogens is 216 g/mol. The molecular formula is C14H18O3. The topological polar surface area (TPSA) is 57.5 Å². The minimum atomic E-state index is -0.882. The Bertz CT molecular complexity index is 439. The van der Waals surface area contributed by atoms with Crippen molar-refractivity contribution in [2.24, 2.45) is 0 Å². The number of phenols is 1. The van der Waals surface area contributed by atoms with Crippen LogP contribution in [-0.2, 0) is 10.2 Å². The van der Waals surface area contributed by atoms with Crippen molar-refractivity contribution in [3.05, 3.63) is 35.4 Å². The second-order valence-corrected chi connectivity index (χ2v) is 5.02. The zero-order valence-corrected chi connectivity index (χ0v) is 10.4. The molecule has 92 valence electrons. The molecule has 1 aromatic rings. The monoisotopic (exact) mass is 234 g/mol. The third-order valence-electron chi connectivity index (χ3n) is 2.48. The Balaban J connectivity index is 2.99. The van der Waals surface area contributed by atoms with Gasteiger partial charge in [0, 0.05) is 5.56 Å². The van der Waals surface area contributed by atoms with E-state index in [9.17, 15) is 9.90 Å². The summed E-state index contributed by atoms with van der Waals surface area (Å²) in [5.74, 6) is -0.715. The van der Waals surface area contributed by atoms with Crippen LogP contribution in [0.2, 0.25) is 0 Å². The van der Waals surface area contributed by atoms with Crippen LogP contribution in [0.15, 0.2) is 24.3 Å². The smallest absolute Gasteiger partial charge is 0.307 e. The molecule has 0 heterocycles. The van der Waals surface area contributed by atoms with Gasteiger partial charge in [0.1, 0.15) is 5.75 Å². The number of hydrogen-bond acceptors (Lipinski definition) is 2. The molecule has 1 aromatic carbocycles. The molecule has 0 unspecified atom stereocenters. The van der Waals surface area contributed by atoms with E-state index < -0.39 is 5.97 Å². The number of aliphatic carboxylic acids is 1. The number of hydrogen-bond donors (Lipinski definition) is 2. The van der Waals surface area contributed by atoms with Gasteiger partial charge in [-0.1, -0.05) is 39.0 Å². The van der Waals surface area contributed by atoms with Crippen molar-refractivity contribution >= 4 is 12.0 Å². The molecule has 0 amide bonds. The zero-order valence-electron chi connectivity index (χ0n) is 10.4. The fourth-order valence-corrected chi connectivity index (χ4v) is 1.44. The van der Waals surface area contributed by atoms with Crippen molar-refractivity contribution in [2.45, 2.75) is 32.6 Å². The van der Waals surface area contributed by atoms with Gasteiger partial charge in [-0.05, 0) is 23.1 Å². The summed E-state index contributed by atoms with van der Waals surface area (Å²) in [5, 5.41) is 18.2. The first kappa shape index (κ1) is 13.3. The van der Waals surface area contributed by atoms with Crippen LogP contribution in [0.5, 0.6) is 5.75 Å². The molecule has 1 rings (SSSR count). The Morgan fingerprint density at radius 2 is 2.00 bits per heavy atom. The Morgan fingerprint density at radius 1 is 1.35 bits per heavy atom. The van der Waals surface area contributed by atoms with E-state index in [1.165, 1.54) is 6.08 Å². The first-order valence-electron chi connectivity index (χ1n) is 5.52. The summed E-state index contributed by atoms with van der Waals surface area (Å²) < 4.78 is 0. The summed E-state index contributed by atoms with van der Waals surface area (Å²) in [7, 11) is 0. The maximum Gasteiger partial charge on any atom is 0.307 e. The summed E-state index contributed by atoms with van der Waals surface area (Å²) in [6.45, 7) is 6.26. The highest BCUT2D eigenvalue weighted by atomic mass is 16.4. The highest BCUT2D eigenvalue weighted by Gasteiger charge is 2.14. The van der Waals surface area contributed by atoms with Gasteiger partial charge in [0.05, 0.1) is 6.42 Å². The van der Waals surface area contributed by atoms with Gasteiger partial charge in [0.25, 0.3) is 0 Å². The van der Waals surface area contributed by atoms with E-state index in [1.807, 2.05) is 12.1 Å². The first-order valence-corrected chi connectivity index (χ1v) is 5.52. The fraction of sp³-hybridized carbons (Fsp3) is 0.357. The highest BCUT2D eigenvalue weighted by Crippen LogP contribution is 2.28. The van der Waals surface area contributed by atoms with Crippen LogP contribution in [-0.4, -0.2) is 16.2 Å². The predicted octanol–water partition coefficient (Wildman–Crippen LogP) is 3.18. The van der Waals surface area contributed by atoms with Crippen LogP contribution in [0, 0.1) is 0 Å². The van der Waals surface area contributed by atoms with Crippen molar-refractivity contribution in [1.29, 1.82) is 0 Å². The van der Waals surface area contributed by atoms with E-state index in [2.05, 4.69) is 20.8 Å². The van der Waals surface area contributed by atoms with Crippen molar-refractivity contribution in [3.63, 3.8) is 0 Å². The summed E-state index contributed by atoms with van der Waals surface area (Å²) >= 11 is 0. The largest absolute Gasteiger partial charge is 0.507 e. The lowest BCUT2D eigenvalue weighted by Crippen LogP contribution is -2.10. The summed E-state index contributed by atoms with van der Waals surface area (Å²) in [6.07, 6.45) is 3.13. The lowest BCUT2D eigenvalue weighted by Gasteiger charge is -2.19. The maximum absolute atomic E-state index is 10.4. The lowest BCUT2D eigenvalue weighted by molar-refractivity contribution is -0.135. The summed E-state index contributed by atoms with van der Waals surface area (Å²) in [4.78, 5) is 10.4. The highest BCUT2D eigenvalue weighted by molar-refractivity contribution is 5.71. The average molecular weight is 234 g/mol.